The van der Waals surface area contributed by atoms with E-state index in [1.807, 2.05) is 29.8 Å². The fraction of sp³-hybridized carbons (Fsp3) is 0.412. The van der Waals surface area contributed by atoms with E-state index in [4.69, 9.17) is 5.26 Å². The van der Waals surface area contributed by atoms with E-state index in [-0.39, 0.29) is 11.6 Å². The van der Waals surface area contributed by atoms with Crippen molar-refractivity contribution in [1.82, 2.24) is 9.78 Å². The average Bonchev–Trinajstić information content (AvgIpc) is 2.83. The number of benzene rings is 1. The van der Waals surface area contributed by atoms with Crippen LogP contribution in [-0.2, 0) is 5.54 Å². The Labute approximate surface area is 140 Å². The summed E-state index contributed by atoms with van der Waals surface area (Å²) in [6, 6.07) is 7.81. The summed E-state index contributed by atoms with van der Waals surface area (Å²) >= 11 is 3.51. The first-order valence-corrected chi connectivity index (χ1v) is 8.04. The van der Waals surface area contributed by atoms with Crippen molar-refractivity contribution >= 4 is 21.6 Å². The second-order valence-electron chi connectivity index (χ2n) is 6.46. The molecule has 0 aliphatic heterocycles. The fourth-order valence-electron chi connectivity index (χ4n) is 2.25. The Morgan fingerprint density at radius 3 is 2.55 bits per heavy atom. The molecule has 2 aromatic rings. The summed E-state index contributed by atoms with van der Waals surface area (Å²) in [5.41, 5.74) is 3.78. The minimum atomic E-state index is -0.0300. The van der Waals surface area contributed by atoms with Crippen LogP contribution in [-0.4, -0.2) is 9.78 Å². The van der Waals surface area contributed by atoms with Gasteiger partial charge in [-0.3, -0.25) is 4.68 Å². The zero-order valence-corrected chi connectivity index (χ0v) is 15.2. The fourth-order valence-corrected chi connectivity index (χ4v) is 2.75. The molecule has 5 heteroatoms. The molecule has 1 atom stereocenters. The van der Waals surface area contributed by atoms with Gasteiger partial charge in [-0.1, -0.05) is 0 Å². The third-order valence-corrected chi connectivity index (χ3v) is 4.22. The highest BCUT2D eigenvalue weighted by Crippen LogP contribution is 2.29. The molecular weight excluding hydrogens is 340 g/mol. The molecule has 2 rings (SSSR count). The molecule has 0 amide bonds. The van der Waals surface area contributed by atoms with E-state index >= 15 is 0 Å². The SMILES string of the molecule is Cc1nn(C(C)(C)C)cc1C(C)Nc1ccc(C#N)cc1Br. The number of nitriles is 1. The predicted molar refractivity (Wildman–Crippen MR) is 92.9 cm³/mol. The number of aryl methyl sites for hydroxylation is 1. The molecule has 0 bridgehead atoms. The summed E-state index contributed by atoms with van der Waals surface area (Å²) in [6.07, 6.45) is 2.10. The highest BCUT2D eigenvalue weighted by Gasteiger charge is 2.19. The van der Waals surface area contributed by atoms with Crippen LogP contribution in [0.3, 0.4) is 0 Å². The van der Waals surface area contributed by atoms with Crippen LogP contribution in [0, 0.1) is 18.3 Å². The average molecular weight is 361 g/mol. The van der Waals surface area contributed by atoms with Crippen LogP contribution in [0.4, 0.5) is 5.69 Å². The molecule has 116 valence electrons. The van der Waals surface area contributed by atoms with E-state index in [2.05, 4.69) is 66.3 Å². The van der Waals surface area contributed by atoms with Gasteiger partial charge >= 0.3 is 0 Å². The lowest BCUT2D eigenvalue weighted by molar-refractivity contribution is 0.354. The van der Waals surface area contributed by atoms with Gasteiger partial charge in [-0.05, 0) is 68.7 Å². The molecule has 1 aromatic heterocycles. The number of hydrogen-bond donors (Lipinski definition) is 1. The van der Waals surface area contributed by atoms with Gasteiger partial charge in [0.1, 0.15) is 0 Å². The third-order valence-electron chi connectivity index (χ3n) is 3.56. The van der Waals surface area contributed by atoms with Crippen molar-refractivity contribution in [1.29, 1.82) is 5.26 Å². The molecular formula is C17H21BrN4. The maximum Gasteiger partial charge on any atom is 0.0992 e. The summed E-state index contributed by atoms with van der Waals surface area (Å²) in [6.45, 7) is 10.6. The minimum Gasteiger partial charge on any atom is -0.377 e. The predicted octanol–water partition coefficient (Wildman–Crippen LogP) is 4.75. The van der Waals surface area contributed by atoms with Gasteiger partial charge in [-0.15, -0.1) is 0 Å². The Kier molecular flexibility index (Phi) is 4.62. The second-order valence-corrected chi connectivity index (χ2v) is 7.31. The summed E-state index contributed by atoms with van der Waals surface area (Å²) in [5, 5.41) is 17.0. The minimum absolute atomic E-state index is 0.0300. The maximum absolute atomic E-state index is 8.93. The number of nitrogens with zero attached hydrogens (tertiary/aromatic N) is 3. The van der Waals surface area contributed by atoms with Crippen molar-refractivity contribution in [2.24, 2.45) is 0 Å². The van der Waals surface area contributed by atoms with Gasteiger partial charge in [-0.2, -0.15) is 10.4 Å². The first kappa shape index (κ1) is 16.6. The van der Waals surface area contributed by atoms with Gasteiger partial charge in [0.2, 0.25) is 0 Å². The van der Waals surface area contributed by atoms with Crippen LogP contribution in [0.25, 0.3) is 0 Å². The quantitative estimate of drug-likeness (QED) is 0.858. The number of nitrogens with one attached hydrogen (secondary N) is 1. The molecule has 0 spiro atoms. The van der Waals surface area contributed by atoms with Gasteiger partial charge in [0.15, 0.2) is 0 Å². The second kappa shape index (κ2) is 6.13. The van der Waals surface area contributed by atoms with Crippen molar-refractivity contribution in [2.75, 3.05) is 5.32 Å². The molecule has 0 fully saturated rings. The standard InChI is InChI=1S/C17H21BrN4/c1-11(14-10-22(17(3,4)5)21-12(14)2)20-16-7-6-13(9-19)8-15(16)18/h6-8,10-11,20H,1-5H3. The topological polar surface area (TPSA) is 53.6 Å². The Hall–Kier alpha value is -1.80. The zero-order valence-electron chi connectivity index (χ0n) is 13.6. The molecule has 1 N–H and O–H groups in total. The van der Waals surface area contributed by atoms with Crippen molar-refractivity contribution in [3.8, 4) is 6.07 Å². The van der Waals surface area contributed by atoms with Crippen molar-refractivity contribution in [3.05, 3.63) is 45.7 Å². The van der Waals surface area contributed by atoms with E-state index in [0.717, 1.165) is 15.9 Å². The highest BCUT2D eigenvalue weighted by atomic mass is 79.9. The summed E-state index contributed by atoms with van der Waals surface area (Å²) < 4.78 is 2.89. The number of halogens is 1. The van der Waals surface area contributed by atoms with Crippen LogP contribution in [0.2, 0.25) is 0 Å². The van der Waals surface area contributed by atoms with Crippen molar-refractivity contribution < 1.29 is 0 Å². The zero-order chi connectivity index (χ0) is 16.5. The van der Waals surface area contributed by atoms with E-state index in [9.17, 15) is 0 Å². The van der Waals surface area contributed by atoms with Crippen LogP contribution >= 0.6 is 15.9 Å². The first-order chi connectivity index (χ1) is 10.2. The Balaban J connectivity index is 2.25. The number of aromatic nitrogens is 2. The van der Waals surface area contributed by atoms with E-state index < -0.39 is 0 Å². The largest absolute Gasteiger partial charge is 0.377 e. The maximum atomic E-state index is 8.93. The molecule has 1 heterocycles. The summed E-state index contributed by atoms with van der Waals surface area (Å²) in [5.74, 6) is 0. The summed E-state index contributed by atoms with van der Waals surface area (Å²) in [4.78, 5) is 0. The molecule has 0 saturated carbocycles. The molecule has 0 radical (unpaired) electrons. The van der Waals surface area contributed by atoms with Crippen LogP contribution in [0.15, 0.2) is 28.9 Å². The first-order valence-electron chi connectivity index (χ1n) is 7.25. The van der Waals surface area contributed by atoms with Crippen LogP contribution in [0.1, 0.15) is 50.6 Å². The Bertz CT molecular complexity index is 719. The lowest BCUT2D eigenvalue weighted by Crippen LogP contribution is -2.22. The van der Waals surface area contributed by atoms with Gasteiger partial charge in [0, 0.05) is 21.9 Å². The smallest absolute Gasteiger partial charge is 0.0992 e. The Morgan fingerprint density at radius 1 is 1.36 bits per heavy atom. The Morgan fingerprint density at radius 2 is 2.05 bits per heavy atom. The number of anilines is 1. The van der Waals surface area contributed by atoms with Gasteiger partial charge in [0.05, 0.1) is 28.9 Å². The highest BCUT2D eigenvalue weighted by molar-refractivity contribution is 9.10. The third kappa shape index (κ3) is 3.50. The monoisotopic (exact) mass is 360 g/mol. The van der Waals surface area contributed by atoms with Crippen LogP contribution < -0.4 is 5.32 Å². The lowest BCUT2D eigenvalue weighted by atomic mass is 10.1. The van der Waals surface area contributed by atoms with Gasteiger partial charge < -0.3 is 5.32 Å². The molecule has 0 aliphatic carbocycles. The normalized spacial score (nSPS) is 12.8. The van der Waals surface area contributed by atoms with Crippen LogP contribution in [0.5, 0.6) is 0 Å². The van der Waals surface area contributed by atoms with Gasteiger partial charge in [-0.25, -0.2) is 0 Å². The molecule has 4 nitrogen and oxygen atoms in total. The van der Waals surface area contributed by atoms with Gasteiger partial charge in [0.25, 0.3) is 0 Å². The van der Waals surface area contributed by atoms with E-state index in [1.54, 1.807) is 0 Å². The molecule has 0 aliphatic rings. The van der Waals surface area contributed by atoms with Crippen molar-refractivity contribution in [3.63, 3.8) is 0 Å². The summed E-state index contributed by atoms with van der Waals surface area (Å²) in [7, 11) is 0. The van der Waals surface area contributed by atoms with E-state index in [0.29, 0.717) is 5.56 Å². The molecule has 1 aromatic carbocycles. The van der Waals surface area contributed by atoms with Crippen molar-refractivity contribution in [2.45, 2.75) is 46.2 Å². The number of rotatable bonds is 3. The molecule has 1 unspecified atom stereocenters. The van der Waals surface area contributed by atoms with E-state index in [1.165, 1.54) is 5.56 Å². The lowest BCUT2D eigenvalue weighted by Gasteiger charge is -2.19. The molecule has 22 heavy (non-hydrogen) atoms. The number of hydrogen-bond acceptors (Lipinski definition) is 3. The molecule has 0 saturated heterocycles.